The molecule has 0 amide bonds. The molecule has 20 heavy (non-hydrogen) atoms. The van der Waals surface area contributed by atoms with Crippen LogP contribution >= 0.6 is 11.6 Å². The second-order valence-corrected chi connectivity index (χ2v) is 4.92. The molecule has 0 fully saturated rings. The van der Waals surface area contributed by atoms with E-state index in [1.165, 1.54) is 0 Å². The van der Waals surface area contributed by atoms with Crippen molar-refractivity contribution in [1.29, 1.82) is 0 Å². The highest BCUT2D eigenvalue weighted by Crippen LogP contribution is 2.29. The van der Waals surface area contributed by atoms with Crippen LogP contribution in [0.4, 0.5) is 0 Å². The molecule has 1 atom stereocenters. The summed E-state index contributed by atoms with van der Waals surface area (Å²) in [5.74, 6) is 0. The summed E-state index contributed by atoms with van der Waals surface area (Å²) >= 11 is 6.28. The molecule has 0 radical (unpaired) electrons. The standard InChI is InChI=1S/C16H14ClN3/c1-18-15(16-13(17)8-4-10-20-16)12-7-2-5-11-6-3-9-19-14(11)12/h2-10,15,18H,1H3. The lowest BCUT2D eigenvalue weighted by molar-refractivity contribution is 0.675. The predicted molar refractivity (Wildman–Crippen MR) is 81.9 cm³/mol. The fraction of sp³-hybridized carbons (Fsp3) is 0.125. The van der Waals surface area contributed by atoms with E-state index < -0.39 is 0 Å². The number of rotatable bonds is 3. The number of nitrogens with zero attached hydrogens (tertiary/aromatic N) is 2. The Hall–Kier alpha value is -1.97. The average molecular weight is 284 g/mol. The van der Waals surface area contributed by atoms with Crippen LogP contribution in [0.5, 0.6) is 0 Å². The Morgan fingerprint density at radius 3 is 2.55 bits per heavy atom. The molecule has 100 valence electrons. The number of halogens is 1. The molecule has 3 nitrogen and oxygen atoms in total. The summed E-state index contributed by atoms with van der Waals surface area (Å²) in [6, 6.07) is 13.7. The van der Waals surface area contributed by atoms with Gasteiger partial charge in [-0.2, -0.15) is 0 Å². The molecule has 3 aromatic rings. The van der Waals surface area contributed by atoms with Crippen LogP contribution in [0, 0.1) is 0 Å². The number of hydrogen-bond donors (Lipinski definition) is 1. The fourth-order valence-electron chi connectivity index (χ4n) is 2.41. The van der Waals surface area contributed by atoms with Gasteiger partial charge in [0.15, 0.2) is 0 Å². The van der Waals surface area contributed by atoms with E-state index in [9.17, 15) is 0 Å². The molecule has 0 saturated carbocycles. The molecule has 0 aliphatic carbocycles. The second kappa shape index (κ2) is 5.57. The third kappa shape index (κ3) is 2.26. The van der Waals surface area contributed by atoms with Crippen LogP contribution in [0.25, 0.3) is 10.9 Å². The molecule has 0 aliphatic heterocycles. The van der Waals surface area contributed by atoms with Gasteiger partial charge in [-0.3, -0.25) is 9.97 Å². The van der Waals surface area contributed by atoms with Gasteiger partial charge in [-0.05, 0) is 25.2 Å². The van der Waals surface area contributed by atoms with Crippen molar-refractivity contribution >= 4 is 22.5 Å². The number of nitrogens with one attached hydrogen (secondary N) is 1. The number of para-hydroxylation sites is 1. The van der Waals surface area contributed by atoms with E-state index in [2.05, 4.69) is 33.5 Å². The predicted octanol–water partition coefficient (Wildman–Crippen LogP) is 3.59. The molecule has 3 rings (SSSR count). The van der Waals surface area contributed by atoms with Gasteiger partial charge in [0.05, 0.1) is 22.3 Å². The molecule has 0 aliphatic rings. The quantitative estimate of drug-likeness (QED) is 0.798. The molecule has 1 N–H and O–H groups in total. The molecule has 0 bridgehead atoms. The highest BCUT2D eigenvalue weighted by Gasteiger charge is 2.19. The smallest absolute Gasteiger partial charge is 0.0805 e. The fourth-order valence-corrected chi connectivity index (χ4v) is 2.64. The van der Waals surface area contributed by atoms with Crippen molar-refractivity contribution in [3.05, 3.63) is 71.1 Å². The van der Waals surface area contributed by atoms with Gasteiger partial charge in [-0.15, -0.1) is 0 Å². The Morgan fingerprint density at radius 2 is 1.75 bits per heavy atom. The minimum atomic E-state index is -0.0812. The molecule has 0 saturated heterocycles. The van der Waals surface area contributed by atoms with E-state index in [4.69, 9.17) is 11.6 Å². The zero-order valence-corrected chi connectivity index (χ0v) is 11.8. The van der Waals surface area contributed by atoms with E-state index in [-0.39, 0.29) is 6.04 Å². The molecule has 1 unspecified atom stereocenters. The Balaban J connectivity index is 2.20. The Labute approximate surface area is 122 Å². The monoisotopic (exact) mass is 283 g/mol. The third-order valence-electron chi connectivity index (χ3n) is 3.32. The minimum absolute atomic E-state index is 0.0812. The maximum absolute atomic E-state index is 6.28. The molecular weight excluding hydrogens is 270 g/mol. The summed E-state index contributed by atoms with van der Waals surface area (Å²) in [5.41, 5.74) is 2.86. The lowest BCUT2D eigenvalue weighted by atomic mass is 10.00. The van der Waals surface area contributed by atoms with Crippen molar-refractivity contribution in [1.82, 2.24) is 15.3 Å². The lowest BCUT2D eigenvalue weighted by Gasteiger charge is -2.18. The summed E-state index contributed by atoms with van der Waals surface area (Å²) in [6.07, 6.45) is 3.56. The molecule has 2 aromatic heterocycles. The van der Waals surface area contributed by atoms with Gasteiger partial charge in [0.1, 0.15) is 0 Å². The number of hydrogen-bond acceptors (Lipinski definition) is 3. The number of pyridine rings is 2. The van der Waals surface area contributed by atoms with E-state index in [0.717, 1.165) is 22.2 Å². The summed E-state index contributed by atoms with van der Waals surface area (Å²) in [6.45, 7) is 0. The zero-order chi connectivity index (χ0) is 13.9. The van der Waals surface area contributed by atoms with Crippen molar-refractivity contribution in [2.45, 2.75) is 6.04 Å². The summed E-state index contributed by atoms with van der Waals surface area (Å²) in [4.78, 5) is 8.90. The Kier molecular flexibility index (Phi) is 3.63. The van der Waals surface area contributed by atoms with Gasteiger partial charge in [0, 0.05) is 23.3 Å². The first kappa shape index (κ1) is 13.0. The first-order chi connectivity index (χ1) is 9.81. The van der Waals surface area contributed by atoms with Crippen LogP contribution in [-0.4, -0.2) is 17.0 Å². The highest BCUT2D eigenvalue weighted by molar-refractivity contribution is 6.31. The van der Waals surface area contributed by atoms with Gasteiger partial charge < -0.3 is 5.32 Å². The molecule has 4 heteroatoms. The third-order valence-corrected chi connectivity index (χ3v) is 3.64. The average Bonchev–Trinajstić information content (AvgIpc) is 2.50. The summed E-state index contributed by atoms with van der Waals surface area (Å²) in [7, 11) is 1.90. The van der Waals surface area contributed by atoms with Crippen LogP contribution in [0.1, 0.15) is 17.3 Å². The maximum atomic E-state index is 6.28. The summed E-state index contributed by atoms with van der Waals surface area (Å²) < 4.78 is 0. The largest absolute Gasteiger partial charge is 0.308 e. The Bertz CT molecular complexity index is 737. The second-order valence-electron chi connectivity index (χ2n) is 4.51. The van der Waals surface area contributed by atoms with Crippen LogP contribution < -0.4 is 5.32 Å². The number of fused-ring (bicyclic) bond motifs is 1. The van der Waals surface area contributed by atoms with E-state index in [1.807, 2.05) is 31.3 Å². The molecule has 1 aromatic carbocycles. The molecule has 0 spiro atoms. The first-order valence-electron chi connectivity index (χ1n) is 6.42. The zero-order valence-electron chi connectivity index (χ0n) is 11.0. The number of benzene rings is 1. The van der Waals surface area contributed by atoms with Crippen LogP contribution in [-0.2, 0) is 0 Å². The summed E-state index contributed by atoms with van der Waals surface area (Å²) in [5, 5.41) is 5.04. The van der Waals surface area contributed by atoms with Crippen molar-refractivity contribution in [3.63, 3.8) is 0 Å². The van der Waals surface area contributed by atoms with Gasteiger partial charge in [0.2, 0.25) is 0 Å². The number of aromatic nitrogens is 2. The van der Waals surface area contributed by atoms with E-state index >= 15 is 0 Å². The van der Waals surface area contributed by atoms with Crippen LogP contribution in [0.2, 0.25) is 5.02 Å². The lowest BCUT2D eigenvalue weighted by Crippen LogP contribution is -2.19. The Morgan fingerprint density at radius 1 is 1.00 bits per heavy atom. The van der Waals surface area contributed by atoms with Crippen LogP contribution in [0.3, 0.4) is 0 Å². The van der Waals surface area contributed by atoms with Crippen LogP contribution in [0.15, 0.2) is 54.9 Å². The minimum Gasteiger partial charge on any atom is -0.308 e. The van der Waals surface area contributed by atoms with Crippen molar-refractivity contribution < 1.29 is 0 Å². The molecule has 2 heterocycles. The first-order valence-corrected chi connectivity index (χ1v) is 6.80. The van der Waals surface area contributed by atoms with Crippen molar-refractivity contribution in [2.24, 2.45) is 0 Å². The highest BCUT2D eigenvalue weighted by atomic mass is 35.5. The maximum Gasteiger partial charge on any atom is 0.0805 e. The van der Waals surface area contributed by atoms with Crippen molar-refractivity contribution in [3.8, 4) is 0 Å². The van der Waals surface area contributed by atoms with Crippen molar-refractivity contribution in [2.75, 3.05) is 7.05 Å². The van der Waals surface area contributed by atoms with Gasteiger partial charge in [-0.25, -0.2) is 0 Å². The normalized spacial score (nSPS) is 12.5. The van der Waals surface area contributed by atoms with Gasteiger partial charge in [0.25, 0.3) is 0 Å². The van der Waals surface area contributed by atoms with Gasteiger partial charge >= 0.3 is 0 Å². The topological polar surface area (TPSA) is 37.8 Å². The van der Waals surface area contributed by atoms with Gasteiger partial charge in [-0.1, -0.05) is 35.9 Å². The van der Waals surface area contributed by atoms with E-state index in [0.29, 0.717) is 5.02 Å². The SMILES string of the molecule is CNC(c1ncccc1Cl)c1cccc2cccnc12. The van der Waals surface area contributed by atoms with E-state index in [1.54, 1.807) is 12.4 Å². The molecular formula is C16H14ClN3.